The molecule has 2 aliphatic heterocycles. The van der Waals surface area contributed by atoms with Gasteiger partial charge in [-0.2, -0.15) is 0 Å². The van der Waals surface area contributed by atoms with Crippen molar-refractivity contribution in [1.29, 1.82) is 0 Å². The zero-order valence-electron chi connectivity index (χ0n) is 18.4. The van der Waals surface area contributed by atoms with Gasteiger partial charge in [-0.1, -0.05) is 12.1 Å². The summed E-state index contributed by atoms with van der Waals surface area (Å²) >= 11 is 0. The van der Waals surface area contributed by atoms with Gasteiger partial charge in [0.25, 0.3) is 0 Å². The van der Waals surface area contributed by atoms with E-state index in [9.17, 15) is 9.59 Å². The van der Waals surface area contributed by atoms with Crippen molar-refractivity contribution in [2.75, 3.05) is 58.3 Å². The van der Waals surface area contributed by atoms with Crippen molar-refractivity contribution in [1.82, 2.24) is 20.4 Å². The Morgan fingerprint density at radius 2 is 1.72 bits per heavy atom. The molecule has 0 aliphatic carbocycles. The normalized spacial score (nSPS) is 19.0. The number of nitrogens with zero attached hydrogens (tertiary/aromatic N) is 3. The fourth-order valence-electron chi connectivity index (χ4n) is 4.05. The molecule has 0 saturated carbocycles. The maximum absolute atomic E-state index is 12.4. The second kappa shape index (κ2) is 8.71. The third-order valence-corrected chi connectivity index (χ3v) is 5.75. The van der Waals surface area contributed by atoms with Crippen LogP contribution in [0, 0.1) is 0 Å². The van der Waals surface area contributed by atoms with Gasteiger partial charge in [0.2, 0.25) is 0 Å². The van der Waals surface area contributed by atoms with Gasteiger partial charge >= 0.3 is 11.8 Å². The van der Waals surface area contributed by atoms with E-state index in [1.165, 1.54) is 16.8 Å². The lowest BCUT2D eigenvalue weighted by molar-refractivity contribution is -0.140. The molecule has 2 aliphatic rings. The molecule has 0 bridgehead atoms. The number of nitrogens with one attached hydrogen (secondary N) is 2. The van der Waals surface area contributed by atoms with Crippen molar-refractivity contribution >= 4 is 17.5 Å². The molecule has 0 unspecified atom stereocenters. The van der Waals surface area contributed by atoms with Gasteiger partial charge in [0.15, 0.2) is 0 Å². The summed E-state index contributed by atoms with van der Waals surface area (Å²) in [4.78, 5) is 31.6. The summed E-state index contributed by atoms with van der Waals surface area (Å²) < 4.78 is 0. The van der Waals surface area contributed by atoms with Crippen molar-refractivity contribution in [2.45, 2.75) is 38.8 Å². The van der Waals surface area contributed by atoms with Crippen LogP contribution in [0.15, 0.2) is 18.2 Å². The smallest absolute Gasteiger partial charge is 0.309 e. The lowest BCUT2D eigenvalue weighted by Gasteiger charge is -2.38. The quantitative estimate of drug-likeness (QED) is 0.737. The highest BCUT2D eigenvalue weighted by Gasteiger charge is 2.27. The maximum atomic E-state index is 12.4. The van der Waals surface area contributed by atoms with E-state index >= 15 is 0 Å². The zero-order valence-corrected chi connectivity index (χ0v) is 18.4. The highest BCUT2D eigenvalue weighted by Crippen LogP contribution is 2.31. The van der Waals surface area contributed by atoms with E-state index in [0.717, 1.165) is 39.1 Å². The average molecular weight is 402 g/mol. The van der Waals surface area contributed by atoms with Crippen LogP contribution in [0.1, 0.15) is 37.9 Å². The van der Waals surface area contributed by atoms with E-state index in [4.69, 9.17) is 0 Å². The van der Waals surface area contributed by atoms with Crippen LogP contribution in [-0.2, 0) is 16.0 Å². The maximum Gasteiger partial charge on any atom is 0.309 e. The molecule has 160 valence electrons. The lowest BCUT2D eigenvalue weighted by atomic mass is 10.00. The Morgan fingerprint density at radius 1 is 1.03 bits per heavy atom. The van der Waals surface area contributed by atoms with Gasteiger partial charge < -0.3 is 20.4 Å². The van der Waals surface area contributed by atoms with Crippen LogP contribution < -0.4 is 15.5 Å². The Balaban J connectivity index is 1.74. The molecular weight excluding hydrogens is 366 g/mol. The van der Waals surface area contributed by atoms with Gasteiger partial charge in [0.05, 0.1) is 6.04 Å². The molecule has 1 aromatic carbocycles. The molecule has 1 aromatic rings. The molecule has 1 fully saturated rings. The second-order valence-corrected chi connectivity index (χ2v) is 9.33. The molecule has 1 atom stereocenters. The van der Waals surface area contributed by atoms with E-state index < -0.39 is 17.4 Å². The largest absolute Gasteiger partial charge is 0.374 e. The third kappa shape index (κ3) is 5.48. The second-order valence-electron chi connectivity index (χ2n) is 9.33. The molecular formula is C22H35N5O2. The van der Waals surface area contributed by atoms with Crippen molar-refractivity contribution in [3.8, 4) is 0 Å². The molecule has 29 heavy (non-hydrogen) atoms. The number of hydrogen-bond donors (Lipinski definition) is 2. The first-order chi connectivity index (χ1) is 13.6. The predicted molar refractivity (Wildman–Crippen MR) is 116 cm³/mol. The molecule has 7 heteroatoms. The molecule has 3 rings (SSSR count). The summed E-state index contributed by atoms with van der Waals surface area (Å²) in [5.41, 5.74) is 3.43. The zero-order chi connectivity index (χ0) is 21.2. The molecule has 1 saturated heterocycles. The standard InChI is InChI=1S/C22H35N5O2/c1-22(2,3)24-21(29)20(28)23-15-19(27-12-10-25(4)11-13-27)16-6-7-18-17(14-16)8-9-26(18)5/h6-7,14,19H,8-13,15H2,1-5H3,(H,23,28)(H,24,29)/t19-/m1/s1. The molecule has 0 aromatic heterocycles. The number of benzene rings is 1. The van der Waals surface area contributed by atoms with E-state index in [0.29, 0.717) is 6.54 Å². The number of likely N-dealkylation sites (N-methyl/N-ethyl adjacent to an activating group) is 2. The van der Waals surface area contributed by atoms with Crippen molar-refractivity contribution in [2.24, 2.45) is 0 Å². The van der Waals surface area contributed by atoms with Crippen molar-refractivity contribution < 1.29 is 9.59 Å². The van der Waals surface area contributed by atoms with E-state index in [-0.39, 0.29) is 6.04 Å². The van der Waals surface area contributed by atoms with Crippen LogP contribution in [0.3, 0.4) is 0 Å². The summed E-state index contributed by atoms with van der Waals surface area (Å²) in [5, 5.41) is 5.60. The molecule has 2 amide bonds. The highest BCUT2D eigenvalue weighted by molar-refractivity contribution is 6.35. The number of amides is 2. The molecule has 7 nitrogen and oxygen atoms in total. The van der Waals surface area contributed by atoms with Crippen LogP contribution in [0.5, 0.6) is 0 Å². The van der Waals surface area contributed by atoms with Gasteiger partial charge in [-0.25, -0.2) is 0 Å². The molecule has 2 N–H and O–H groups in total. The highest BCUT2D eigenvalue weighted by atomic mass is 16.2. The SMILES string of the molecule is CN1CCN([C@H](CNC(=O)C(=O)NC(C)(C)C)c2ccc3c(c2)CCN3C)CC1. The minimum atomic E-state index is -0.579. The number of fused-ring (bicyclic) bond motifs is 1. The number of rotatable bonds is 4. The fraction of sp³-hybridized carbons (Fsp3) is 0.636. The number of carbonyl (C=O) groups excluding carboxylic acids is 2. The summed E-state index contributed by atoms with van der Waals surface area (Å²) in [6, 6.07) is 6.70. The van der Waals surface area contributed by atoms with Gasteiger partial charge in [-0.05, 0) is 51.4 Å². The first-order valence-corrected chi connectivity index (χ1v) is 10.5. The Bertz CT molecular complexity index is 750. The van der Waals surface area contributed by atoms with Gasteiger partial charge in [0, 0.05) is 57.5 Å². The molecule has 2 heterocycles. The number of carbonyl (C=O) groups is 2. The Hall–Kier alpha value is -2.12. The van der Waals surface area contributed by atoms with Crippen LogP contribution in [0.4, 0.5) is 5.69 Å². The van der Waals surface area contributed by atoms with Crippen LogP contribution in [0.25, 0.3) is 0 Å². The van der Waals surface area contributed by atoms with Gasteiger partial charge in [0.1, 0.15) is 0 Å². The van der Waals surface area contributed by atoms with E-state index in [1.54, 1.807) is 0 Å². The number of anilines is 1. The monoisotopic (exact) mass is 401 g/mol. The molecule has 0 spiro atoms. The Labute approximate surface area is 174 Å². The Morgan fingerprint density at radius 3 is 2.38 bits per heavy atom. The summed E-state index contributed by atoms with van der Waals surface area (Å²) in [6.45, 7) is 11.0. The fourth-order valence-corrected chi connectivity index (χ4v) is 4.05. The lowest BCUT2D eigenvalue weighted by Crippen LogP contribution is -2.51. The van der Waals surface area contributed by atoms with Crippen LogP contribution in [-0.4, -0.2) is 80.5 Å². The summed E-state index contributed by atoms with van der Waals surface area (Å²) in [5.74, 6) is -1.15. The number of hydrogen-bond acceptors (Lipinski definition) is 5. The van der Waals surface area contributed by atoms with Crippen LogP contribution in [0.2, 0.25) is 0 Å². The van der Waals surface area contributed by atoms with Crippen molar-refractivity contribution in [3.05, 3.63) is 29.3 Å². The number of piperazine rings is 1. The third-order valence-electron chi connectivity index (χ3n) is 5.75. The van der Waals surface area contributed by atoms with E-state index in [1.807, 2.05) is 20.8 Å². The average Bonchev–Trinajstić information content (AvgIpc) is 3.02. The summed E-state index contributed by atoms with van der Waals surface area (Å²) in [7, 11) is 4.26. The predicted octanol–water partition coefficient (Wildman–Crippen LogP) is 0.998. The van der Waals surface area contributed by atoms with E-state index in [2.05, 4.69) is 57.6 Å². The Kier molecular flexibility index (Phi) is 6.49. The minimum absolute atomic E-state index is 0.0614. The minimum Gasteiger partial charge on any atom is -0.374 e. The topological polar surface area (TPSA) is 67.9 Å². The first kappa shape index (κ1) is 21.6. The van der Waals surface area contributed by atoms with Gasteiger partial charge in [-0.15, -0.1) is 0 Å². The summed E-state index contributed by atoms with van der Waals surface area (Å²) in [6.07, 6.45) is 1.05. The molecule has 0 radical (unpaired) electrons. The van der Waals surface area contributed by atoms with Crippen molar-refractivity contribution in [3.63, 3.8) is 0 Å². The van der Waals surface area contributed by atoms with Crippen LogP contribution >= 0.6 is 0 Å². The first-order valence-electron chi connectivity index (χ1n) is 10.5. The van der Waals surface area contributed by atoms with Gasteiger partial charge in [-0.3, -0.25) is 14.5 Å².